The van der Waals surface area contributed by atoms with Crippen LogP contribution < -0.4 is 10.6 Å². The average molecular weight is 485 g/mol. The Kier molecular flexibility index (Phi) is 9.15. The summed E-state index contributed by atoms with van der Waals surface area (Å²) in [6, 6.07) is 5.64. The number of rotatable bonds is 8. The number of guanidine groups is 1. The summed E-state index contributed by atoms with van der Waals surface area (Å²) in [6.07, 6.45) is -1.73. The van der Waals surface area contributed by atoms with E-state index in [1.165, 1.54) is 12.1 Å². The van der Waals surface area contributed by atoms with Gasteiger partial charge < -0.3 is 15.4 Å². The third-order valence-electron chi connectivity index (χ3n) is 4.36. The third-order valence-corrected chi connectivity index (χ3v) is 4.36. The smallest absolute Gasteiger partial charge is 0.385 e. The van der Waals surface area contributed by atoms with Gasteiger partial charge >= 0.3 is 6.18 Å². The highest BCUT2D eigenvalue weighted by molar-refractivity contribution is 14.0. The molecule has 0 unspecified atom stereocenters. The van der Waals surface area contributed by atoms with Crippen LogP contribution in [0.25, 0.3) is 0 Å². The normalized spacial score (nSPS) is 16.0. The van der Waals surface area contributed by atoms with Crippen molar-refractivity contribution in [3.05, 3.63) is 35.4 Å². The number of benzene rings is 1. The molecular weight excluding hydrogens is 458 g/mol. The van der Waals surface area contributed by atoms with Crippen molar-refractivity contribution in [2.45, 2.75) is 37.8 Å². The van der Waals surface area contributed by atoms with Gasteiger partial charge in [-0.1, -0.05) is 18.2 Å². The van der Waals surface area contributed by atoms with Crippen LogP contribution in [0.5, 0.6) is 0 Å². The number of alkyl halides is 3. The van der Waals surface area contributed by atoms with Crippen LogP contribution >= 0.6 is 24.0 Å². The molecular formula is C18H27F3IN3O. The van der Waals surface area contributed by atoms with Crippen LogP contribution in [0.2, 0.25) is 0 Å². The van der Waals surface area contributed by atoms with Gasteiger partial charge in [0.15, 0.2) is 5.96 Å². The number of nitrogens with zero attached hydrogens (tertiary/aromatic N) is 1. The van der Waals surface area contributed by atoms with Gasteiger partial charge in [-0.2, -0.15) is 13.2 Å². The molecule has 148 valence electrons. The van der Waals surface area contributed by atoms with Crippen molar-refractivity contribution in [3.8, 4) is 0 Å². The van der Waals surface area contributed by atoms with Gasteiger partial charge in [0.2, 0.25) is 0 Å². The number of ether oxygens (including phenoxy) is 1. The minimum absolute atomic E-state index is 0. The van der Waals surface area contributed by atoms with Gasteiger partial charge in [0.1, 0.15) is 0 Å². The van der Waals surface area contributed by atoms with E-state index < -0.39 is 11.7 Å². The molecule has 0 heterocycles. The molecule has 0 spiro atoms. The minimum atomic E-state index is -4.31. The minimum Gasteiger partial charge on any atom is -0.385 e. The number of methoxy groups -OCH3 is 1. The predicted octanol–water partition coefficient (Wildman–Crippen LogP) is 3.95. The Morgan fingerprint density at radius 3 is 2.58 bits per heavy atom. The van der Waals surface area contributed by atoms with E-state index in [9.17, 15) is 13.2 Å². The maximum atomic E-state index is 12.9. The van der Waals surface area contributed by atoms with Crippen LogP contribution in [0.1, 0.15) is 37.3 Å². The SMILES string of the molecule is CCNC(=NCC1(c2cccc(C(F)(F)F)c2)CC1)NCCCOC.I. The lowest BCUT2D eigenvalue weighted by Gasteiger charge is -2.17. The summed E-state index contributed by atoms with van der Waals surface area (Å²) in [5, 5.41) is 6.39. The Hall–Kier alpha value is -1.03. The molecule has 0 aromatic heterocycles. The van der Waals surface area contributed by atoms with E-state index in [1.54, 1.807) is 13.2 Å². The van der Waals surface area contributed by atoms with Crippen LogP contribution in [0, 0.1) is 0 Å². The third kappa shape index (κ3) is 6.61. The van der Waals surface area contributed by atoms with Gasteiger partial charge in [0.05, 0.1) is 12.1 Å². The van der Waals surface area contributed by atoms with Gasteiger partial charge in [-0.3, -0.25) is 4.99 Å². The highest BCUT2D eigenvalue weighted by Gasteiger charge is 2.45. The summed E-state index contributed by atoms with van der Waals surface area (Å²) >= 11 is 0. The monoisotopic (exact) mass is 485 g/mol. The zero-order valence-corrected chi connectivity index (χ0v) is 17.5. The second-order valence-electron chi connectivity index (χ2n) is 6.33. The van der Waals surface area contributed by atoms with Crippen LogP contribution in [-0.2, 0) is 16.3 Å². The van der Waals surface area contributed by atoms with E-state index in [2.05, 4.69) is 15.6 Å². The van der Waals surface area contributed by atoms with Crippen LogP contribution in [-0.4, -0.2) is 39.3 Å². The van der Waals surface area contributed by atoms with E-state index >= 15 is 0 Å². The van der Waals surface area contributed by atoms with Crippen LogP contribution in [0.15, 0.2) is 29.3 Å². The standard InChI is InChI=1S/C18H26F3N3O.HI/c1-3-22-16(23-10-5-11-25-2)24-13-17(8-9-17)14-6-4-7-15(12-14)18(19,20)21;/h4,6-7,12H,3,5,8-11,13H2,1-2H3,(H2,22,23,24);1H. The van der Waals surface area contributed by atoms with Crippen molar-refractivity contribution in [2.75, 3.05) is 33.4 Å². The summed E-state index contributed by atoms with van der Waals surface area (Å²) in [7, 11) is 1.66. The molecule has 1 aromatic rings. The van der Waals surface area contributed by atoms with Gasteiger partial charge in [-0.05, 0) is 37.8 Å². The average Bonchev–Trinajstić information content (AvgIpc) is 3.37. The summed E-state index contributed by atoms with van der Waals surface area (Å²) in [6.45, 7) is 4.59. The summed E-state index contributed by atoms with van der Waals surface area (Å²) in [4.78, 5) is 4.59. The van der Waals surface area contributed by atoms with Crippen molar-refractivity contribution >= 4 is 29.9 Å². The molecule has 2 rings (SSSR count). The fourth-order valence-electron chi connectivity index (χ4n) is 2.71. The Morgan fingerprint density at radius 1 is 1.27 bits per heavy atom. The fraction of sp³-hybridized carbons (Fsp3) is 0.611. The number of hydrogen-bond donors (Lipinski definition) is 2. The Balaban J connectivity index is 0.00000338. The van der Waals surface area contributed by atoms with Gasteiger partial charge in [-0.15, -0.1) is 24.0 Å². The Labute approximate surface area is 170 Å². The topological polar surface area (TPSA) is 45.7 Å². The quantitative estimate of drug-likeness (QED) is 0.254. The van der Waals surface area contributed by atoms with Gasteiger partial charge in [0.25, 0.3) is 0 Å². The van der Waals surface area contributed by atoms with Crippen molar-refractivity contribution in [1.29, 1.82) is 0 Å². The molecule has 1 aliphatic rings. The zero-order chi connectivity index (χ0) is 18.3. The molecule has 1 aromatic carbocycles. The molecule has 0 atom stereocenters. The molecule has 0 aliphatic heterocycles. The van der Waals surface area contributed by atoms with E-state index in [0.29, 0.717) is 19.1 Å². The van der Waals surface area contributed by atoms with Crippen LogP contribution in [0.4, 0.5) is 13.2 Å². The van der Waals surface area contributed by atoms with E-state index in [0.717, 1.165) is 44.0 Å². The highest BCUT2D eigenvalue weighted by Crippen LogP contribution is 2.49. The zero-order valence-electron chi connectivity index (χ0n) is 15.2. The molecule has 2 N–H and O–H groups in total. The molecule has 0 saturated heterocycles. The maximum absolute atomic E-state index is 12.9. The predicted molar refractivity (Wildman–Crippen MR) is 108 cm³/mol. The summed E-state index contributed by atoms with van der Waals surface area (Å²) in [5.41, 5.74) is -0.137. The molecule has 0 bridgehead atoms. The van der Waals surface area contributed by atoms with E-state index in [-0.39, 0.29) is 29.4 Å². The first-order valence-corrected chi connectivity index (χ1v) is 8.60. The molecule has 1 saturated carbocycles. The Bertz CT molecular complexity index is 589. The molecule has 8 heteroatoms. The first kappa shape index (κ1) is 23.0. The van der Waals surface area contributed by atoms with Crippen molar-refractivity contribution in [1.82, 2.24) is 10.6 Å². The highest BCUT2D eigenvalue weighted by atomic mass is 127. The number of nitrogens with one attached hydrogen (secondary N) is 2. The number of aliphatic imine (C=N–C) groups is 1. The van der Waals surface area contributed by atoms with Gasteiger partial charge in [0, 0.05) is 32.2 Å². The van der Waals surface area contributed by atoms with E-state index in [1.807, 2.05) is 6.92 Å². The van der Waals surface area contributed by atoms with Gasteiger partial charge in [-0.25, -0.2) is 0 Å². The second kappa shape index (κ2) is 10.3. The fourth-order valence-corrected chi connectivity index (χ4v) is 2.71. The lowest BCUT2D eigenvalue weighted by molar-refractivity contribution is -0.137. The molecule has 26 heavy (non-hydrogen) atoms. The molecule has 0 radical (unpaired) electrons. The molecule has 1 aliphatic carbocycles. The van der Waals surface area contributed by atoms with Crippen LogP contribution in [0.3, 0.4) is 0 Å². The largest absolute Gasteiger partial charge is 0.416 e. The lowest BCUT2D eigenvalue weighted by Crippen LogP contribution is -2.38. The number of hydrogen-bond acceptors (Lipinski definition) is 2. The number of halogens is 4. The van der Waals surface area contributed by atoms with Crippen molar-refractivity contribution in [3.63, 3.8) is 0 Å². The molecule has 4 nitrogen and oxygen atoms in total. The molecule has 0 amide bonds. The first-order valence-electron chi connectivity index (χ1n) is 8.60. The first-order chi connectivity index (χ1) is 11.9. The second-order valence-corrected chi connectivity index (χ2v) is 6.33. The van der Waals surface area contributed by atoms with Crippen molar-refractivity contribution in [2.24, 2.45) is 4.99 Å². The van der Waals surface area contributed by atoms with E-state index in [4.69, 9.17) is 4.74 Å². The lowest BCUT2D eigenvalue weighted by atomic mass is 9.94. The summed E-state index contributed by atoms with van der Waals surface area (Å²) in [5.74, 6) is 0.692. The Morgan fingerprint density at radius 2 is 2.00 bits per heavy atom. The maximum Gasteiger partial charge on any atom is 0.416 e. The van der Waals surface area contributed by atoms with Crippen molar-refractivity contribution < 1.29 is 17.9 Å². The summed E-state index contributed by atoms with van der Waals surface area (Å²) < 4.78 is 43.8. The molecule has 1 fully saturated rings.